The van der Waals surface area contributed by atoms with E-state index in [1.807, 2.05) is 6.07 Å². The lowest BCUT2D eigenvalue weighted by Crippen LogP contribution is -2.41. The number of hydrogen-bond acceptors (Lipinski definition) is 2. The second kappa shape index (κ2) is 6.23. The predicted octanol–water partition coefficient (Wildman–Crippen LogP) is 3.58. The van der Waals surface area contributed by atoms with Gasteiger partial charge in [0.05, 0.1) is 0 Å². The number of nitrogens with two attached hydrogens (primary N) is 1. The lowest BCUT2D eigenvalue weighted by Gasteiger charge is -2.39. The normalized spacial score (nSPS) is 20.1. The van der Waals surface area contributed by atoms with Crippen LogP contribution in [0.5, 0.6) is 0 Å². The molecule has 0 aliphatic carbocycles. The highest BCUT2D eigenvalue weighted by Gasteiger charge is 2.29. The van der Waals surface area contributed by atoms with Gasteiger partial charge >= 0.3 is 0 Å². The van der Waals surface area contributed by atoms with Gasteiger partial charge in [0.1, 0.15) is 5.82 Å². The highest BCUT2D eigenvalue weighted by Crippen LogP contribution is 2.34. The number of halogens is 1. The summed E-state index contributed by atoms with van der Waals surface area (Å²) in [5, 5.41) is 0. The van der Waals surface area contributed by atoms with Crippen molar-refractivity contribution in [1.82, 2.24) is 4.90 Å². The van der Waals surface area contributed by atoms with E-state index in [-0.39, 0.29) is 11.9 Å². The molecule has 1 heterocycles. The molecule has 1 aromatic rings. The number of rotatable bonds is 3. The minimum atomic E-state index is -0.204. The molecule has 1 aliphatic rings. The summed E-state index contributed by atoms with van der Waals surface area (Å²) in [6, 6.07) is 6.56. The van der Waals surface area contributed by atoms with E-state index in [9.17, 15) is 4.39 Å². The Morgan fingerprint density at radius 1 is 1.30 bits per heavy atom. The summed E-state index contributed by atoms with van der Waals surface area (Å²) in [5.74, 6) is 0.591. The van der Waals surface area contributed by atoms with Crippen molar-refractivity contribution in [3.05, 3.63) is 35.6 Å². The van der Waals surface area contributed by atoms with Crippen LogP contribution in [-0.4, -0.2) is 24.5 Å². The SMILES string of the molecule is CC(C)(C)C1CCN(CC(N)c2cccc(F)c2)CC1. The quantitative estimate of drug-likeness (QED) is 0.915. The van der Waals surface area contributed by atoms with Gasteiger partial charge < -0.3 is 10.6 Å². The zero-order valence-electron chi connectivity index (χ0n) is 12.9. The van der Waals surface area contributed by atoms with E-state index in [0.717, 1.165) is 31.1 Å². The Hall–Kier alpha value is -0.930. The Morgan fingerprint density at radius 2 is 1.95 bits per heavy atom. The molecule has 3 heteroatoms. The lowest BCUT2D eigenvalue weighted by molar-refractivity contribution is 0.108. The molecule has 0 spiro atoms. The van der Waals surface area contributed by atoms with E-state index in [2.05, 4.69) is 25.7 Å². The van der Waals surface area contributed by atoms with Crippen molar-refractivity contribution in [1.29, 1.82) is 0 Å². The maximum absolute atomic E-state index is 13.2. The van der Waals surface area contributed by atoms with Gasteiger partial charge in [0.15, 0.2) is 0 Å². The molecule has 2 nitrogen and oxygen atoms in total. The fraction of sp³-hybridized carbons (Fsp3) is 0.647. The molecule has 2 N–H and O–H groups in total. The summed E-state index contributed by atoms with van der Waals surface area (Å²) < 4.78 is 13.2. The molecular weight excluding hydrogens is 251 g/mol. The van der Waals surface area contributed by atoms with Crippen LogP contribution < -0.4 is 5.73 Å². The van der Waals surface area contributed by atoms with Crippen LogP contribution in [0.25, 0.3) is 0 Å². The molecule has 112 valence electrons. The van der Waals surface area contributed by atoms with E-state index in [0.29, 0.717) is 5.41 Å². The Kier molecular flexibility index (Phi) is 4.82. The van der Waals surface area contributed by atoms with Crippen LogP contribution >= 0.6 is 0 Å². The van der Waals surface area contributed by atoms with E-state index in [1.54, 1.807) is 12.1 Å². The second-order valence-corrected chi connectivity index (χ2v) is 7.10. The molecule has 1 atom stereocenters. The van der Waals surface area contributed by atoms with Crippen LogP contribution in [-0.2, 0) is 0 Å². The molecule has 0 radical (unpaired) electrons. The molecule has 1 saturated heterocycles. The first-order valence-electron chi connectivity index (χ1n) is 7.59. The van der Waals surface area contributed by atoms with Crippen LogP contribution in [0.1, 0.15) is 45.2 Å². The molecule has 1 aliphatic heterocycles. The Labute approximate surface area is 122 Å². The third-order valence-electron chi connectivity index (χ3n) is 4.54. The van der Waals surface area contributed by atoms with E-state index >= 15 is 0 Å². The van der Waals surface area contributed by atoms with Crippen molar-refractivity contribution in [2.24, 2.45) is 17.1 Å². The van der Waals surface area contributed by atoms with Gasteiger partial charge in [-0.25, -0.2) is 4.39 Å². The maximum Gasteiger partial charge on any atom is 0.123 e. The van der Waals surface area contributed by atoms with Crippen molar-refractivity contribution < 1.29 is 4.39 Å². The standard InChI is InChI=1S/C17H27FN2/c1-17(2,3)14-7-9-20(10-8-14)12-16(19)13-5-4-6-15(18)11-13/h4-6,11,14,16H,7-10,12,19H2,1-3H3. The monoisotopic (exact) mass is 278 g/mol. The van der Waals surface area contributed by atoms with E-state index in [4.69, 9.17) is 5.73 Å². The number of piperidine rings is 1. The highest BCUT2D eigenvalue weighted by molar-refractivity contribution is 5.20. The van der Waals surface area contributed by atoms with Gasteiger partial charge in [0, 0.05) is 12.6 Å². The van der Waals surface area contributed by atoms with Gasteiger partial charge in [-0.15, -0.1) is 0 Å². The molecular formula is C17H27FN2. The minimum Gasteiger partial charge on any atom is -0.323 e. The second-order valence-electron chi connectivity index (χ2n) is 7.10. The molecule has 1 unspecified atom stereocenters. The van der Waals surface area contributed by atoms with Gasteiger partial charge in [-0.2, -0.15) is 0 Å². The Morgan fingerprint density at radius 3 is 2.50 bits per heavy atom. The fourth-order valence-electron chi connectivity index (χ4n) is 3.10. The largest absolute Gasteiger partial charge is 0.323 e. The van der Waals surface area contributed by atoms with Crippen molar-refractivity contribution in [3.8, 4) is 0 Å². The molecule has 20 heavy (non-hydrogen) atoms. The van der Waals surface area contributed by atoms with E-state index < -0.39 is 0 Å². The smallest absolute Gasteiger partial charge is 0.123 e. The number of likely N-dealkylation sites (tertiary alicyclic amines) is 1. The molecule has 0 bridgehead atoms. The van der Waals surface area contributed by atoms with Crippen LogP contribution in [0.3, 0.4) is 0 Å². The number of benzene rings is 1. The molecule has 1 aromatic carbocycles. The third-order valence-corrected chi connectivity index (χ3v) is 4.54. The molecule has 0 amide bonds. The van der Waals surface area contributed by atoms with Crippen molar-refractivity contribution >= 4 is 0 Å². The Balaban J connectivity index is 1.86. The van der Waals surface area contributed by atoms with Gasteiger partial charge in [0.25, 0.3) is 0 Å². The fourth-order valence-corrected chi connectivity index (χ4v) is 3.10. The molecule has 0 aromatic heterocycles. The maximum atomic E-state index is 13.2. The van der Waals surface area contributed by atoms with Crippen molar-refractivity contribution in [3.63, 3.8) is 0 Å². The van der Waals surface area contributed by atoms with Crippen LogP contribution in [0.2, 0.25) is 0 Å². The molecule has 1 fully saturated rings. The first kappa shape index (κ1) is 15.5. The van der Waals surface area contributed by atoms with Crippen LogP contribution in [0.4, 0.5) is 4.39 Å². The average Bonchev–Trinajstić information content (AvgIpc) is 2.38. The highest BCUT2D eigenvalue weighted by atomic mass is 19.1. The van der Waals surface area contributed by atoms with Crippen molar-refractivity contribution in [2.75, 3.05) is 19.6 Å². The first-order chi connectivity index (χ1) is 9.36. The summed E-state index contributed by atoms with van der Waals surface area (Å²) in [4.78, 5) is 2.41. The summed E-state index contributed by atoms with van der Waals surface area (Å²) in [6.45, 7) is 10.00. The lowest BCUT2D eigenvalue weighted by atomic mass is 9.75. The van der Waals surface area contributed by atoms with Crippen molar-refractivity contribution in [2.45, 2.75) is 39.7 Å². The predicted molar refractivity (Wildman–Crippen MR) is 81.9 cm³/mol. The van der Waals surface area contributed by atoms with E-state index in [1.165, 1.54) is 18.9 Å². The summed E-state index contributed by atoms with van der Waals surface area (Å²) in [5.41, 5.74) is 7.50. The Bertz CT molecular complexity index is 431. The zero-order valence-corrected chi connectivity index (χ0v) is 12.9. The van der Waals surface area contributed by atoms with Gasteiger partial charge in [0.2, 0.25) is 0 Å². The number of nitrogens with zero attached hydrogens (tertiary/aromatic N) is 1. The molecule has 0 saturated carbocycles. The van der Waals surface area contributed by atoms with Gasteiger partial charge in [-0.3, -0.25) is 0 Å². The summed E-state index contributed by atoms with van der Waals surface area (Å²) in [7, 11) is 0. The van der Waals surface area contributed by atoms with Gasteiger partial charge in [-0.1, -0.05) is 32.9 Å². The third kappa shape index (κ3) is 4.03. The summed E-state index contributed by atoms with van der Waals surface area (Å²) in [6.07, 6.45) is 2.47. The van der Waals surface area contributed by atoms with Crippen LogP contribution in [0, 0.1) is 17.2 Å². The zero-order chi connectivity index (χ0) is 14.8. The number of hydrogen-bond donors (Lipinski definition) is 1. The summed E-state index contributed by atoms with van der Waals surface area (Å²) >= 11 is 0. The van der Waals surface area contributed by atoms with Crippen LogP contribution in [0.15, 0.2) is 24.3 Å². The minimum absolute atomic E-state index is 0.100. The molecule has 2 rings (SSSR count). The average molecular weight is 278 g/mol. The first-order valence-corrected chi connectivity index (χ1v) is 7.59. The van der Waals surface area contributed by atoms with Gasteiger partial charge in [-0.05, 0) is 55.0 Å². The topological polar surface area (TPSA) is 29.3 Å².